The van der Waals surface area contributed by atoms with Crippen molar-refractivity contribution in [2.75, 3.05) is 6.61 Å². The first-order valence-corrected chi connectivity index (χ1v) is 6.34. The van der Waals surface area contributed by atoms with E-state index in [0.717, 1.165) is 0 Å². The standard InChI is InChI=1S/C13H22F2O3/c1-5-18-10(16)13(14,15)12(17)7-6-11(3,4)8-9(12)2/h9,17H,5-8H2,1-4H3. The molecule has 1 N–H and O–H groups in total. The van der Waals surface area contributed by atoms with Gasteiger partial charge in [-0.3, -0.25) is 0 Å². The summed E-state index contributed by atoms with van der Waals surface area (Å²) in [6, 6.07) is 0. The fraction of sp³-hybridized carbons (Fsp3) is 0.923. The highest BCUT2D eigenvalue weighted by molar-refractivity contribution is 5.79. The molecule has 0 aromatic carbocycles. The Labute approximate surface area is 107 Å². The van der Waals surface area contributed by atoms with Crippen LogP contribution in [-0.4, -0.2) is 29.2 Å². The lowest BCUT2D eigenvalue weighted by Gasteiger charge is -2.47. The number of aliphatic hydroxyl groups is 1. The van der Waals surface area contributed by atoms with Crippen molar-refractivity contribution in [1.29, 1.82) is 0 Å². The Morgan fingerprint density at radius 3 is 2.44 bits per heavy atom. The molecule has 0 amide bonds. The highest BCUT2D eigenvalue weighted by Gasteiger charge is 2.63. The van der Waals surface area contributed by atoms with Gasteiger partial charge in [-0.2, -0.15) is 8.78 Å². The Bertz CT molecular complexity index is 328. The Hall–Kier alpha value is -0.710. The van der Waals surface area contributed by atoms with Gasteiger partial charge in [0.2, 0.25) is 0 Å². The molecule has 0 heterocycles. The third-order valence-corrected chi connectivity index (χ3v) is 3.93. The van der Waals surface area contributed by atoms with Crippen molar-refractivity contribution in [3.8, 4) is 0 Å². The Morgan fingerprint density at radius 1 is 1.44 bits per heavy atom. The van der Waals surface area contributed by atoms with Gasteiger partial charge in [-0.15, -0.1) is 0 Å². The van der Waals surface area contributed by atoms with Crippen LogP contribution in [-0.2, 0) is 9.53 Å². The summed E-state index contributed by atoms with van der Waals surface area (Å²) in [6.07, 6.45) is 0.828. The highest BCUT2D eigenvalue weighted by Crippen LogP contribution is 2.50. The molecule has 106 valence electrons. The number of ether oxygens (including phenoxy) is 1. The first-order chi connectivity index (χ1) is 8.07. The Kier molecular flexibility index (Phi) is 4.06. The van der Waals surface area contributed by atoms with Crippen LogP contribution in [0, 0.1) is 11.3 Å². The lowest BCUT2D eigenvalue weighted by Crippen LogP contribution is -2.60. The summed E-state index contributed by atoms with van der Waals surface area (Å²) in [5.74, 6) is -6.13. The molecule has 0 spiro atoms. The van der Waals surface area contributed by atoms with E-state index in [1.165, 1.54) is 6.92 Å². The fourth-order valence-corrected chi connectivity index (χ4v) is 2.74. The van der Waals surface area contributed by atoms with Crippen LogP contribution in [0.2, 0.25) is 0 Å². The summed E-state index contributed by atoms with van der Waals surface area (Å²) in [6.45, 7) is 6.86. The monoisotopic (exact) mass is 264 g/mol. The van der Waals surface area contributed by atoms with Gasteiger partial charge in [-0.05, 0) is 37.5 Å². The molecule has 2 unspecified atom stereocenters. The van der Waals surface area contributed by atoms with Crippen LogP contribution < -0.4 is 0 Å². The van der Waals surface area contributed by atoms with Crippen molar-refractivity contribution in [3.63, 3.8) is 0 Å². The van der Waals surface area contributed by atoms with Gasteiger partial charge >= 0.3 is 11.9 Å². The number of alkyl halides is 2. The average molecular weight is 264 g/mol. The van der Waals surface area contributed by atoms with Crippen LogP contribution in [0.4, 0.5) is 8.78 Å². The summed E-state index contributed by atoms with van der Waals surface area (Å²) in [5, 5.41) is 10.2. The van der Waals surface area contributed by atoms with E-state index in [1.807, 2.05) is 13.8 Å². The first kappa shape index (κ1) is 15.3. The molecular weight excluding hydrogens is 242 g/mol. The SMILES string of the molecule is CCOC(=O)C(F)(F)C1(O)CCC(C)(C)CC1C. The lowest BCUT2D eigenvalue weighted by molar-refractivity contribution is -0.239. The fourth-order valence-electron chi connectivity index (χ4n) is 2.74. The molecule has 2 atom stereocenters. The number of hydrogen-bond acceptors (Lipinski definition) is 3. The van der Waals surface area contributed by atoms with E-state index >= 15 is 0 Å². The molecule has 0 bridgehead atoms. The van der Waals surface area contributed by atoms with Crippen molar-refractivity contribution >= 4 is 5.97 Å². The van der Waals surface area contributed by atoms with Crippen molar-refractivity contribution in [2.45, 2.75) is 58.5 Å². The summed E-state index contributed by atoms with van der Waals surface area (Å²) >= 11 is 0. The molecule has 1 aliphatic rings. The van der Waals surface area contributed by atoms with Crippen LogP contribution in [0.15, 0.2) is 0 Å². The summed E-state index contributed by atoms with van der Waals surface area (Å²) in [5.41, 5.74) is -2.38. The normalized spacial score (nSPS) is 32.1. The predicted molar refractivity (Wildman–Crippen MR) is 63.3 cm³/mol. The number of halogens is 2. The van der Waals surface area contributed by atoms with Crippen molar-refractivity contribution in [1.82, 2.24) is 0 Å². The van der Waals surface area contributed by atoms with E-state index in [2.05, 4.69) is 4.74 Å². The zero-order chi connectivity index (χ0) is 14.2. The zero-order valence-electron chi connectivity index (χ0n) is 11.4. The topological polar surface area (TPSA) is 46.5 Å². The Balaban J connectivity index is 2.96. The molecule has 1 aliphatic carbocycles. The maximum absolute atomic E-state index is 14.1. The van der Waals surface area contributed by atoms with Crippen LogP contribution >= 0.6 is 0 Å². The average Bonchev–Trinajstić information content (AvgIpc) is 2.23. The predicted octanol–water partition coefficient (Wildman–Crippen LogP) is 2.76. The lowest BCUT2D eigenvalue weighted by atomic mass is 9.63. The van der Waals surface area contributed by atoms with Gasteiger partial charge in [0.15, 0.2) is 0 Å². The number of carbonyl (C=O) groups is 1. The van der Waals surface area contributed by atoms with Crippen molar-refractivity contribution < 1.29 is 23.4 Å². The maximum Gasteiger partial charge on any atom is 0.380 e. The van der Waals surface area contributed by atoms with Gasteiger partial charge in [0.1, 0.15) is 5.60 Å². The first-order valence-electron chi connectivity index (χ1n) is 6.34. The highest BCUT2D eigenvalue weighted by atomic mass is 19.3. The van der Waals surface area contributed by atoms with Crippen LogP contribution in [0.5, 0.6) is 0 Å². The van der Waals surface area contributed by atoms with E-state index in [4.69, 9.17) is 0 Å². The Morgan fingerprint density at radius 2 is 2.00 bits per heavy atom. The molecule has 3 nitrogen and oxygen atoms in total. The molecule has 18 heavy (non-hydrogen) atoms. The van der Waals surface area contributed by atoms with Crippen molar-refractivity contribution in [3.05, 3.63) is 0 Å². The van der Waals surface area contributed by atoms with Gasteiger partial charge in [0.05, 0.1) is 6.61 Å². The van der Waals surface area contributed by atoms with Crippen molar-refractivity contribution in [2.24, 2.45) is 11.3 Å². The largest absolute Gasteiger partial charge is 0.461 e. The molecule has 0 aliphatic heterocycles. The summed E-state index contributed by atoms with van der Waals surface area (Å²) < 4.78 is 32.5. The minimum atomic E-state index is -3.85. The second-order valence-corrected chi connectivity index (χ2v) is 5.99. The molecular formula is C13H22F2O3. The molecule has 0 aromatic heterocycles. The minimum Gasteiger partial charge on any atom is -0.461 e. The van der Waals surface area contributed by atoms with Crippen LogP contribution in [0.25, 0.3) is 0 Å². The van der Waals surface area contributed by atoms with E-state index in [0.29, 0.717) is 12.8 Å². The number of hydrogen-bond donors (Lipinski definition) is 1. The van der Waals surface area contributed by atoms with Crippen LogP contribution in [0.1, 0.15) is 47.0 Å². The molecule has 1 rings (SSSR count). The number of esters is 1. The molecule has 0 radical (unpaired) electrons. The third kappa shape index (κ3) is 2.51. The quantitative estimate of drug-likeness (QED) is 0.797. The molecule has 5 heteroatoms. The van der Waals surface area contributed by atoms with Gasteiger partial charge < -0.3 is 9.84 Å². The number of rotatable bonds is 3. The van der Waals surface area contributed by atoms with Gasteiger partial charge in [-0.25, -0.2) is 4.79 Å². The minimum absolute atomic E-state index is 0.0869. The van der Waals surface area contributed by atoms with Gasteiger partial charge in [0.25, 0.3) is 0 Å². The molecule has 0 saturated heterocycles. The van der Waals surface area contributed by atoms with Gasteiger partial charge in [-0.1, -0.05) is 20.8 Å². The van der Waals surface area contributed by atoms with E-state index in [1.54, 1.807) is 6.92 Å². The smallest absolute Gasteiger partial charge is 0.380 e. The molecule has 1 saturated carbocycles. The van der Waals surface area contributed by atoms with E-state index < -0.39 is 23.4 Å². The second kappa shape index (κ2) is 4.76. The van der Waals surface area contributed by atoms with E-state index in [-0.39, 0.29) is 18.4 Å². The molecule has 0 aromatic rings. The van der Waals surface area contributed by atoms with E-state index in [9.17, 15) is 18.7 Å². The zero-order valence-corrected chi connectivity index (χ0v) is 11.4. The maximum atomic E-state index is 14.1. The third-order valence-electron chi connectivity index (χ3n) is 3.93. The number of carbonyl (C=O) groups excluding carboxylic acids is 1. The van der Waals surface area contributed by atoms with Gasteiger partial charge in [0, 0.05) is 0 Å². The summed E-state index contributed by atoms with van der Waals surface area (Å²) in [4.78, 5) is 11.3. The summed E-state index contributed by atoms with van der Waals surface area (Å²) in [7, 11) is 0. The second-order valence-electron chi connectivity index (χ2n) is 5.99. The van der Waals surface area contributed by atoms with Crippen LogP contribution in [0.3, 0.4) is 0 Å². The molecule has 1 fully saturated rings.